The van der Waals surface area contributed by atoms with Gasteiger partial charge in [0.05, 0.1) is 6.54 Å². The van der Waals surface area contributed by atoms with E-state index in [0.717, 1.165) is 0 Å². The van der Waals surface area contributed by atoms with Crippen LogP contribution in [0.25, 0.3) is 0 Å². The molecule has 12 nitrogen and oxygen atoms in total. The number of amides is 3. The number of aliphatic carboxylic acids is 1. The van der Waals surface area contributed by atoms with Crippen molar-refractivity contribution in [1.82, 2.24) is 16.0 Å². The monoisotopic (exact) mass is 401 g/mol. The predicted octanol–water partition coefficient (Wildman–Crippen LogP) is -2.78. The molecule has 10 N–H and O–H groups in total. The van der Waals surface area contributed by atoms with Crippen LogP contribution in [0.3, 0.4) is 0 Å². The number of guanidine groups is 1. The largest absolute Gasteiger partial charge is 0.480 e. The number of hydrogen-bond acceptors (Lipinski definition) is 6. The Morgan fingerprint density at radius 1 is 1.04 bits per heavy atom. The summed E-state index contributed by atoms with van der Waals surface area (Å²) >= 11 is 0. The molecule has 0 radical (unpaired) electrons. The van der Waals surface area contributed by atoms with Crippen LogP contribution in [0.1, 0.15) is 33.1 Å². The molecule has 0 bridgehead atoms. The fourth-order valence-corrected chi connectivity index (χ4v) is 2.29. The summed E-state index contributed by atoms with van der Waals surface area (Å²) in [6, 6.07) is -1.88. The molecule has 0 saturated heterocycles. The van der Waals surface area contributed by atoms with Crippen LogP contribution >= 0.6 is 0 Å². The molecule has 0 aromatic heterocycles. The Hall–Kier alpha value is -2.89. The van der Waals surface area contributed by atoms with Crippen molar-refractivity contribution in [2.24, 2.45) is 28.1 Å². The van der Waals surface area contributed by atoms with E-state index in [0.29, 0.717) is 12.8 Å². The molecule has 0 aromatic rings. The Morgan fingerprint density at radius 3 is 2.18 bits per heavy atom. The molecule has 0 heterocycles. The highest BCUT2D eigenvalue weighted by atomic mass is 16.4. The minimum Gasteiger partial charge on any atom is -0.480 e. The van der Waals surface area contributed by atoms with Gasteiger partial charge in [0.15, 0.2) is 5.96 Å². The number of aliphatic imine (C=N–C) groups is 1. The summed E-state index contributed by atoms with van der Waals surface area (Å²) in [4.78, 5) is 50.9. The Kier molecular flexibility index (Phi) is 11.9. The first-order valence-corrected chi connectivity index (χ1v) is 8.91. The summed E-state index contributed by atoms with van der Waals surface area (Å²) in [6.45, 7) is 3.13. The standard InChI is InChI=1S/C16H31N7O5/c1-9(2)6-11(22-12(24)7-17)15(28)23-10(4-3-5-20-16(18)19)14(27)21-8-13(25)26/h9-11H,3-8,17H2,1-2H3,(H,21,27)(H,22,24)(H,23,28)(H,25,26)(H4,18,19,20). The smallest absolute Gasteiger partial charge is 0.322 e. The van der Waals surface area contributed by atoms with Gasteiger partial charge in [-0.1, -0.05) is 13.8 Å². The van der Waals surface area contributed by atoms with Gasteiger partial charge in [0.25, 0.3) is 0 Å². The first-order chi connectivity index (χ1) is 13.1. The molecule has 3 amide bonds. The van der Waals surface area contributed by atoms with E-state index in [-0.39, 0.29) is 31.4 Å². The Morgan fingerprint density at radius 2 is 1.68 bits per heavy atom. The van der Waals surface area contributed by atoms with Crippen molar-refractivity contribution in [2.75, 3.05) is 19.6 Å². The van der Waals surface area contributed by atoms with E-state index in [1.807, 2.05) is 13.8 Å². The number of nitrogens with zero attached hydrogens (tertiary/aromatic N) is 1. The van der Waals surface area contributed by atoms with Crippen LogP contribution in [0, 0.1) is 5.92 Å². The van der Waals surface area contributed by atoms with Gasteiger partial charge in [-0.3, -0.25) is 24.2 Å². The molecule has 0 aromatic carbocycles. The highest BCUT2D eigenvalue weighted by molar-refractivity contribution is 5.93. The lowest BCUT2D eigenvalue weighted by molar-refractivity contribution is -0.138. The summed E-state index contributed by atoms with van der Waals surface area (Å²) in [5, 5.41) is 16.0. The van der Waals surface area contributed by atoms with Crippen molar-refractivity contribution >= 4 is 29.7 Å². The topological polar surface area (TPSA) is 215 Å². The van der Waals surface area contributed by atoms with Gasteiger partial charge in [-0.2, -0.15) is 0 Å². The van der Waals surface area contributed by atoms with Gasteiger partial charge in [0, 0.05) is 6.54 Å². The van der Waals surface area contributed by atoms with Crippen LogP contribution in [0.2, 0.25) is 0 Å². The van der Waals surface area contributed by atoms with Crippen LogP contribution in [-0.4, -0.2) is 66.5 Å². The summed E-state index contributed by atoms with van der Waals surface area (Å²) in [7, 11) is 0. The maximum Gasteiger partial charge on any atom is 0.322 e. The maximum atomic E-state index is 12.6. The number of nitrogens with two attached hydrogens (primary N) is 3. The predicted molar refractivity (Wildman–Crippen MR) is 103 cm³/mol. The van der Waals surface area contributed by atoms with Gasteiger partial charge in [-0.05, 0) is 25.2 Å². The molecular weight excluding hydrogens is 370 g/mol. The number of carboxylic acids is 1. The molecule has 2 atom stereocenters. The average molecular weight is 401 g/mol. The molecular formula is C16H31N7O5. The van der Waals surface area contributed by atoms with Crippen molar-refractivity contribution in [2.45, 2.75) is 45.2 Å². The van der Waals surface area contributed by atoms with Crippen molar-refractivity contribution in [3.8, 4) is 0 Å². The minimum absolute atomic E-state index is 0.0926. The quantitative estimate of drug-likeness (QED) is 0.0970. The molecule has 0 rings (SSSR count). The van der Waals surface area contributed by atoms with E-state index >= 15 is 0 Å². The fraction of sp³-hybridized carbons (Fsp3) is 0.688. The van der Waals surface area contributed by atoms with E-state index in [1.165, 1.54) is 0 Å². The molecule has 160 valence electrons. The molecule has 0 saturated carbocycles. The molecule has 0 aliphatic heterocycles. The summed E-state index contributed by atoms with van der Waals surface area (Å²) < 4.78 is 0. The van der Waals surface area contributed by atoms with Gasteiger partial charge in [0.2, 0.25) is 17.7 Å². The van der Waals surface area contributed by atoms with Gasteiger partial charge < -0.3 is 38.3 Å². The molecule has 12 heteroatoms. The van der Waals surface area contributed by atoms with Gasteiger partial charge in [-0.25, -0.2) is 0 Å². The van der Waals surface area contributed by atoms with Crippen molar-refractivity contribution in [3.05, 3.63) is 0 Å². The zero-order chi connectivity index (χ0) is 21.7. The lowest BCUT2D eigenvalue weighted by atomic mass is 10.0. The molecule has 0 fully saturated rings. The number of nitrogens with one attached hydrogen (secondary N) is 3. The number of hydrogen-bond donors (Lipinski definition) is 7. The highest BCUT2D eigenvalue weighted by Gasteiger charge is 2.27. The normalized spacial score (nSPS) is 12.6. The number of carbonyl (C=O) groups excluding carboxylic acids is 3. The highest BCUT2D eigenvalue weighted by Crippen LogP contribution is 2.07. The van der Waals surface area contributed by atoms with E-state index in [2.05, 4.69) is 20.9 Å². The lowest BCUT2D eigenvalue weighted by Gasteiger charge is -2.24. The van der Waals surface area contributed by atoms with Crippen LogP contribution < -0.4 is 33.2 Å². The second-order valence-electron chi connectivity index (χ2n) is 6.58. The van der Waals surface area contributed by atoms with Crippen molar-refractivity contribution in [3.63, 3.8) is 0 Å². The van der Waals surface area contributed by atoms with Gasteiger partial charge in [0.1, 0.15) is 18.6 Å². The number of carbonyl (C=O) groups is 4. The Balaban J connectivity index is 5.12. The number of carboxylic acid groups (broad SMARTS) is 1. The van der Waals surface area contributed by atoms with Crippen LogP contribution in [0.5, 0.6) is 0 Å². The van der Waals surface area contributed by atoms with Crippen molar-refractivity contribution < 1.29 is 24.3 Å². The summed E-state index contributed by atoms with van der Waals surface area (Å²) in [5.41, 5.74) is 15.8. The van der Waals surface area contributed by atoms with Gasteiger partial charge >= 0.3 is 5.97 Å². The third kappa shape index (κ3) is 11.7. The molecule has 0 aliphatic carbocycles. The van der Waals surface area contributed by atoms with Crippen molar-refractivity contribution in [1.29, 1.82) is 0 Å². The van der Waals surface area contributed by atoms with Crippen LogP contribution in [0.4, 0.5) is 0 Å². The molecule has 0 spiro atoms. The molecule has 0 aliphatic rings. The summed E-state index contributed by atoms with van der Waals surface area (Å²) in [5.74, 6) is -2.94. The Bertz CT molecular complexity index is 576. The first-order valence-electron chi connectivity index (χ1n) is 8.91. The maximum absolute atomic E-state index is 12.6. The SMILES string of the molecule is CC(C)CC(NC(=O)CN)C(=O)NC(CCCN=C(N)N)C(=O)NCC(=O)O. The fourth-order valence-electron chi connectivity index (χ4n) is 2.29. The molecule has 28 heavy (non-hydrogen) atoms. The number of rotatable bonds is 13. The van der Waals surface area contributed by atoms with E-state index in [4.69, 9.17) is 22.3 Å². The van der Waals surface area contributed by atoms with Crippen LogP contribution in [0.15, 0.2) is 4.99 Å². The average Bonchev–Trinajstić information content (AvgIpc) is 2.60. The second kappa shape index (κ2) is 13.3. The first kappa shape index (κ1) is 25.1. The minimum atomic E-state index is -1.22. The van der Waals surface area contributed by atoms with E-state index in [1.54, 1.807) is 0 Å². The second-order valence-corrected chi connectivity index (χ2v) is 6.58. The lowest BCUT2D eigenvalue weighted by Crippen LogP contribution is -2.55. The summed E-state index contributed by atoms with van der Waals surface area (Å²) in [6.07, 6.45) is 0.885. The zero-order valence-corrected chi connectivity index (χ0v) is 16.2. The van der Waals surface area contributed by atoms with E-state index in [9.17, 15) is 19.2 Å². The van der Waals surface area contributed by atoms with Crippen LogP contribution in [-0.2, 0) is 19.2 Å². The van der Waals surface area contributed by atoms with Gasteiger partial charge in [-0.15, -0.1) is 0 Å². The third-order valence-electron chi connectivity index (χ3n) is 3.54. The Labute approximate surface area is 163 Å². The molecule has 2 unspecified atom stereocenters. The van der Waals surface area contributed by atoms with E-state index < -0.39 is 42.3 Å². The third-order valence-corrected chi connectivity index (χ3v) is 3.54. The zero-order valence-electron chi connectivity index (χ0n) is 16.2.